The first-order chi connectivity index (χ1) is 11.9. The molecule has 2 fully saturated rings. The fourth-order valence-corrected chi connectivity index (χ4v) is 3.59. The van der Waals surface area contributed by atoms with Crippen LogP contribution in [0.25, 0.3) is 0 Å². The first-order valence-corrected chi connectivity index (χ1v) is 8.57. The van der Waals surface area contributed by atoms with Crippen molar-refractivity contribution in [2.24, 2.45) is 0 Å². The van der Waals surface area contributed by atoms with E-state index in [1.165, 1.54) is 0 Å². The van der Waals surface area contributed by atoms with E-state index in [-0.39, 0.29) is 12.2 Å². The van der Waals surface area contributed by atoms with Crippen LogP contribution in [-0.2, 0) is 16.1 Å². The Bertz CT molecular complexity index is 640. The summed E-state index contributed by atoms with van der Waals surface area (Å²) in [6, 6.07) is 8.11. The Hall–Kier alpha value is -2.05. The second-order valence-electron chi connectivity index (χ2n) is 6.31. The molecule has 3 atom stereocenters. The number of hydrogen-bond acceptors (Lipinski definition) is 6. The Labute approximate surface area is 141 Å². The minimum absolute atomic E-state index is 0.173. The summed E-state index contributed by atoms with van der Waals surface area (Å²) in [7, 11) is 0. The highest BCUT2D eigenvalue weighted by Gasteiger charge is 2.40. The lowest BCUT2D eigenvalue weighted by atomic mass is 9.99. The van der Waals surface area contributed by atoms with Gasteiger partial charge in [0.2, 0.25) is 5.95 Å². The van der Waals surface area contributed by atoms with Gasteiger partial charge in [0.15, 0.2) is 0 Å². The Balaban J connectivity index is 1.28. The lowest BCUT2D eigenvalue weighted by molar-refractivity contribution is -0.0892. The fraction of sp³-hybridized carbons (Fsp3) is 0.500. The molecule has 0 saturated carbocycles. The van der Waals surface area contributed by atoms with E-state index in [0.29, 0.717) is 19.3 Å². The molecule has 0 radical (unpaired) electrons. The Morgan fingerprint density at radius 1 is 1.04 bits per heavy atom. The molecule has 2 aromatic heterocycles. The van der Waals surface area contributed by atoms with Crippen LogP contribution >= 0.6 is 0 Å². The SMILES string of the molecule is c1ccc(COC[C@H]2CC[C@H]3[C@H](CCN3c3ncccn3)O2)nc1. The molecular formula is C18H22N4O2. The van der Waals surface area contributed by atoms with Crippen molar-refractivity contribution >= 4 is 5.95 Å². The van der Waals surface area contributed by atoms with Crippen molar-refractivity contribution in [3.63, 3.8) is 0 Å². The van der Waals surface area contributed by atoms with E-state index in [1.807, 2.05) is 24.3 Å². The molecule has 2 aliphatic heterocycles. The normalized spacial score (nSPS) is 26.3. The van der Waals surface area contributed by atoms with Crippen LogP contribution in [0.15, 0.2) is 42.9 Å². The number of anilines is 1. The van der Waals surface area contributed by atoms with Gasteiger partial charge in [-0.2, -0.15) is 0 Å². The minimum Gasteiger partial charge on any atom is -0.372 e. The second kappa shape index (κ2) is 7.23. The predicted molar refractivity (Wildman–Crippen MR) is 89.6 cm³/mol. The van der Waals surface area contributed by atoms with Crippen LogP contribution in [0, 0.1) is 0 Å². The molecule has 24 heavy (non-hydrogen) atoms. The molecule has 4 rings (SSSR count). The summed E-state index contributed by atoms with van der Waals surface area (Å²) in [4.78, 5) is 15.3. The molecule has 6 nitrogen and oxygen atoms in total. The third kappa shape index (κ3) is 3.39. The van der Waals surface area contributed by atoms with Gasteiger partial charge in [-0.15, -0.1) is 0 Å². The maximum atomic E-state index is 6.26. The van der Waals surface area contributed by atoms with E-state index in [2.05, 4.69) is 19.9 Å². The monoisotopic (exact) mass is 326 g/mol. The van der Waals surface area contributed by atoms with E-state index >= 15 is 0 Å². The van der Waals surface area contributed by atoms with Crippen molar-refractivity contribution in [2.45, 2.75) is 44.1 Å². The number of aromatic nitrogens is 3. The summed E-state index contributed by atoms with van der Waals surface area (Å²) in [6.45, 7) is 2.13. The van der Waals surface area contributed by atoms with Gasteiger partial charge >= 0.3 is 0 Å². The highest BCUT2D eigenvalue weighted by molar-refractivity contribution is 5.34. The largest absolute Gasteiger partial charge is 0.372 e. The third-order valence-corrected chi connectivity index (χ3v) is 4.72. The maximum absolute atomic E-state index is 6.26. The van der Waals surface area contributed by atoms with Gasteiger partial charge in [0.05, 0.1) is 37.2 Å². The van der Waals surface area contributed by atoms with Gasteiger partial charge in [0.25, 0.3) is 0 Å². The van der Waals surface area contributed by atoms with E-state index in [0.717, 1.165) is 37.4 Å². The molecule has 0 bridgehead atoms. The summed E-state index contributed by atoms with van der Waals surface area (Å²) in [6.07, 6.45) is 8.95. The van der Waals surface area contributed by atoms with Crippen molar-refractivity contribution in [3.8, 4) is 0 Å². The van der Waals surface area contributed by atoms with Crippen molar-refractivity contribution in [3.05, 3.63) is 48.5 Å². The highest BCUT2D eigenvalue weighted by Crippen LogP contribution is 2.33. The second-order valence-corrected chi connectivity index (χ2v) is 6.31. The Kier molecular flexibility index (Phi) is 4.66. The quantitative estimate of drug-likeness (QED) is 0.839. The molecule has 4 heterocycles. The van der Waals surface area contributed by atoms with Gasteiger partial charge in [0, 0.05) is 25.1 Å². The zero-order chi connectivity index (χ0) is 16.2. The van der Waals surface area contributed by atoms with E-state index < -0.39 is 0 Å². The zero-order valence-electron chi connectivity index (χ0n) is 13.6. The van der Waals surface area contributed by atoms with E-state index in [9.17, 15) is 0 Å². The van der Waals surface area contributed by atoms with Crippen LogP contribution in [0.2, 0.25) is 0 Å². The van der Waals surface area contributed by atoms with Crippen LogP contribution in [-0.4, -0.2) is 46.4 Å². The number of ether oxygens (including phenoxy) is 2. The highest BCUT2D eigenvalue weighted by atomic mass is 16.5. The third-order valence-electron chi connectivity index (χ3n) is 4.72. The zero-order valence-corrected chi connectivity index (χ0v) is 13.6. The minimum atomic E-state index is 0.173. The van der Waals surface area contributed by atoms with Gasteiger partial charge < -0.3 is 14.4 Å². The number of pyridine rings is 1. The maximum Gasteiger partial charge on any atom is 0.225 e. The summed E-state index contributed by atoms with van der Waals surface area (Å²) in [5.41, 5.74) is 0.958. The predicted octanol–water partition coefficient (Wildman–Crippen LogP) is 2.21. The van der Waals surface area contributed by atoms with Crippen molar-refractivity contribution in [1.82, 2.24) is 15.0 Å². The van der Waals surface area contributed by atoms with Gasteiger partial charge in [-0.3, -0.25) is 4.98 Å². The van der Waals surface area contributed by atoms with Gasteiger partial charge in [-0.25, -0.2) is 9.97 Å². The lowest BCUT2D eigenvalue weighted by Crippen LogP contribution is -2.44. The van der Waals surface area contributed by atoms with Gasteiger partial charge in [0.1, 0.15) is 0 Å². The molecule has 2 saturated heterocycles. The van der Waals surface area contributed by atoms with Crippen LogP contribution in [0.4, 0.5) is 5.95 Å². The molecular weight excluding hydrogens is 304 g/mol. The van der Waals surface area contributed by atoms with E-state index in [1.54, 1.807) is 18.6 Å². The summed E-state index contributed by atoms with van der Waals surface area (Å²) >= 11 is 0. The molecule has 0 aliphatic carbocycles. The molecule has 0 N–H and O–H groups in total. The van der Waals surface area contributed by atoms with E-state index in [4.69, 9.17) is 9.47 Å². The molecule has 126 valence electrons. The topological polar surface area (TPSA) is 60.4 Å². The molecule has 0 spiro atoms. The average Bonchev–Trinajstić information content (AvgIpc) is 3.07. The molecule has 6 heteroatoms. The van der Waals surface area contributed by atoms with Crippen molar-refractivity contribution in [1.29, 1.82) is 0 Å². The van der Waals surface area contributed by atoms with Crippen molar-refractivity contribution < 1.29 is 9.47 Å². The van der Waals surface area contributed by atoms with Crippen molar-refractivity contribution in [2.75, 3.05) is 18.1 Å². The molecule has 0 aromatic carbocycles. The molecule has 2 aromatic rings. The first kappa shape index (κ1) is 15.5. The summed E-state index contributed by atoms with van der Waals surface area (Å²) < 4.78 is 12.1. The number of nitrogens with zero attached hydrogens (tertiary/aromatic N) is 4. The Morgan fingerprint density at radius 2 is 1.92 bits per heavy atom. The molecule has 0 unspecified atom stereocenters. The smallest absolute Gasteiger partial charge is 0.225 e. The van der Waals surface area contributed by atoms with Gasteiger partial charge in [-0.1, -0.05) is 6.07 Å². The first-order valence-electron chi connectivity index (χ1n) is 8.57. The summed E-state index contributed by atoms with van der Waals surface area (Å²) in [5.74, 6) is 0.818. The molecule has 0 amide bonds. The van der Waals surface area contributed by atoms with Crippen LogP contribution in [0.5, 0.6) is 0 Å². The lowest BCUT2D eigenvalue weighted by Gasteiger charge is -2.35. The summed E-state index contributed by atoms with van der Waals surface area (Å²) in [5, 5.41) is 0. The standard InChI is InChI=1S/C18H22N4O2/c1-2-8-19-14(4-1)12-23-13-15-5-6-16-17(24-15)7-11-22(16)18-20-9-3-10-21-18/h1-4,8-10,15-17H,5-7,11-13H2/t15-,16+,17+/m1/s1. The van der Waals surface area contributed by atoms with Crippen LogP contribution in [0.3, 0.4) is 0 Å². The average molecular weight is 326 g/mol. The number of hydrogen-bond donors (Lipinski definition) is 0. The number of fused-ring (bicyclic) bond motifs is 1. The fourth-order valence-electron chi connectivity index (χ4n) is 3.59. The van der Waals surface area contributed by atoms with Crippen LogP contribution in [0.1, 0.15) is 25.0 Å². The number of rotatable bonds is 5. The Morgan fingerprint density at radius 3 is 2.75 bits per heavy atom. The van der Waals surface area contributed by atoms with Crippen LogP contribution < -0.4 is 4.90 Å². The molecule has 2 aliphatic rings. The van der Waals surface area contributed by atoms with Gasteiger partial charge in [-0.05, 0) is 37.5 Å².